The van der Waals surface area contributed by atoms with Crippen molar-refractivity contribution < 1.29 is 22.7 Å². The van der Waals surface area contributed by atoms with Gasteiger partial charge >= 0.3 is 11.9 Å². The number of fused-ring (bicyclic) bond motifs is 1. The Morgan fingerprint density at radius 2 is 1.97 bits per heavy atom. The SMILES string of the molecule is COc1ccc(Cn2c(=O)n(C3CCC(NC=O)CC3)c3ncc(C(F)(F)F)cc32)cc1Cl. The lowest BCUT2D eigenvalue weighted by Crippen LogP contribution is -2.35. The van der Waals surface area contributed by atoms with Crippen LogP contribution in [0.2, 0.25) is 5.02 Å². The van der Waals surface area contributed by atoms with Gasteiger partial charge in [-0.3, -0.25) is 13.9 Å². The number of hydrogen-bond donors (Lipinski definition) is 1. The molecule has 1 aliphatic carbocycles. The van der Waals surface area contributed by atoms with Crippen LogP contribution in [-0.4, -0.2) is 33.7 Å². The number of alkyl halides is 3. The minimum atomic E-state index is -4.59. The number of amides is 1. The maximum Gasteiger partial charge on any atom is 0.417 e. The summed E-state index contributed by atoms with van der Waals surface area (Å²) < 4.78 is 48.1. The van der Waals surface area contributed by atoms with Crippen molar-refractivity contribution in [2.24, 2.45) is 0 Å². The molecular weight excluding hydrogens is 461 g/mol. The van der Waals surface area contributed by atoms with Crippen LogP contribution in [0.1, 0.15) is 42.9 Å². The lowest BCUT2D eigenvalue weighted by atomic mass is 9.91. The molecule has 0 bridgehead atoms. The summed E-state index contributed by atoms with van der Waals surface area (Å²) in [5.74, 6) is 0.455. The summed E-state index contributed by atoms with van der Waals surface area (Å²) in [6, 6.07) is 5.72. The Balaban J connectivity index is 1.79. The highest BCUT2D eigenvalue weighted by atomic mass is 35.5. The van der Waals surface area contributed by atoms with Crippen LogP contribution in [-0.2, 0) is 17.5 Å². The molecule has 1 amide bonds. The molecule has 0 spiro atoms. The van der Waals surface area contributed by atoms with Gasteiger partial charge in [0.1, 0.15) is 5.75 Å². The lowest BCUT2D eigenvalue weighted by molar-refractivity contribution is -0.137. The molecule has 0 unspecified atom stereocenters. The number of halogens is 4. The van der Waals surface area contributed by atoms with Crippen LogP contribution in [0.5, 0.6) is 5.75 Å². The molecule has 33 heavy (non-hydrogen) atoms. The topological polar surface area (TPSA) is 78.1 Å². The van der Waals surface area contributed by atoms with Gasteiger partial charge in [0.2, 0.25) is 6.41 Å². The summed E-state index contributed by atoms with van der Waals surface area (Å²) in [4.78, 5) is 28.2. The molecule has 7 nitrogen and oxygen atoms in total. The molecule has 1 fully saturated rings. The first kappa shape index (κ1) is 23.2. The molecule has 1 N–H and O–H groups in total. The van der Waals surface area contributed by atoms with Crippen LogP contribution in [0.25, 0.3) is 11.2 Å². The molecule has 1 aromatic carbocycles. The number of carbonyl (C=O) groups is 1. The zero-order valence-electron chi connectivity index (χ0n) is 17.7. The molecule has 1 saturated carbocycles. The first-order chi connectivity index (χ1) is 15.7. The number of pyridine rings is 1. The van der Waals surface area contributed by atoms with E-state index in [1.807, 2.05) is 0 Å². The molecule has 3 aromatic rings. The number of nitrogens with zero attached hydrogens (tertiary/aromatic N) is 3. The lowest BCUT2D eigenvalue weighted by Gasteiger charge is -2.28. The second-order valence-electron chi connectivity index (χ2n) is 8.06. The maximum atomic E-state index is 13.4. The molecule has 0 radical (unpaired) electrons. The second-order valence-corrected chi connectivity index (χ2v) is 8.47. The quantitative estimate of drug-likeness (QED) is 0.535. The van der Waals surface area contributed by atoms with Crippen LogP contribution in [0.4, 0.5) is 13.2 Å². The minimum absolute atomic E-state index is 0.0223. The summed E-state index contributed by atoms with van der Waals surface area (Å²) in [5, 5.41) is 3.08. The van der Waals surface area contributed by atoms with E-state index >= 15 is 0 Å². The van der Waals surface area contributed by atoms with Gasteiger partial charge in [-0.2, -0.15) is 13.2 Å². The fourth-order valence-corrected chi connectivity index (χ4v) is 4.66. The van der Waals surface area contributed by atoms with E-state index in [4.69, 9.17) is 16.3 Å². The number of methoxy groups -OCH3 is 1. The largest absolute Gasteiger partial charge is 0.495 e. The zero-order valence-corrected chi connectivity index (χ0v) is 18.5. The number of carbonyl (C=O) groups excluding carboxylic acids is 1. The van der Waals surface area contributed by atoms with Crippen molar-refractivity contribution in [1.82, 2.24) is 19.4 Å². The summed E-state index contributed by atoms with van der Waals surface area (Å²) in [5.41, 5.74) is -0.407. The Bertz CT molecular complexity index is 1230. The molecule has 2 aromatic heterocycles. The van der Waals surface area contributed by atoms with Crippen molar-refractivity contribution in [2.45, 2.75) is 50.5 Å². The minimum Gasteiger partial charge on any atom is -0.495 e. The molecule has 2 heterocycles. The molecule has 1 aliphatic rings. The van der Waals surface area contributed by atoms with Crippen LogP contribution in [0.3, 0.4) is 0 Å². The van der Waals surface area contributed by atoms with Gasteiger partial charge in [-0.1, -0.05) is 17.7 Å². The Kier molecular flexibility index (Phi) is 6.38. The normalized spacial score (nSPS) is 18.9. The van der Waals surface area contributed by atoms with Crippen LogP contribution >= 0.6 is 11.6 Å². The predicted molar refractivity (Wildman–Crippen MR) is 117 cm³/mol. The summed E-state index contributed by atoms with van der Waals surface area (Å²) >= 11 is 6.20. The van der Waals surface area contributed by atoms with Crippen LogP contribution in [0.15, 0.2) is 35.3 Å². The monoisotopic (exact) mass is 482 g/mol. The van der Waals surface area contributed by atoms with E-state index in [-0.39, 0.29) is 29.8 Å². The van der Waals surface area contributed by atoms with Crippen molar-refractivity contribution in [3.8, 4) is 5.75 Å². The first-order valence-corrected chi connectivity index (χ1v) is 10.8. The zero-order chi connectivity index (χ0) is 23.8. The number of nitrogens with one attached hydrogen (secondary N) is 1. The van der Waals surface area contributed by atoms with Crippen molar-refractivity contribution in [2.75, 3.05) is 7.11 Å². The molecule has 4 rings (SSSR count). The van der Waals surface area contributed by atoms with Crippen molar-refractivity contribution in [1.29, 1.82) is 0 Å². The molecule has 11 heteroatoms. The van der Waals surface area contributed by atoms with Gasteiger partial charge < -0.3 is 10.1 Å². The second kappa shape index (κ2) is 9.09. The third-order valence-corrected chi connectivity index (χ3v) is 6.35. The number of aromatic nitrogens is 3. The van der Waals surface area contributed by atoms with E-state index in [0.717, 1.165) is 12.3 Å². The summed E-state index contributed by atoms with van der Waals surface area (Å²) in [7, 11) is 1.47. The first-order valence-electron chi connectivity index (χ1n) is 10.4. The van der Waals surface area contributed by atoms with Gasteiger partial charge in [0.25, 0.3) is 0 Å². The fraction of sp³-hybridized carbons (Fsp3) is 0.409. The highest BCUT2D eigenvalue weighted by Gasteiger charge is 2.33. The van der Waals surface area contributed by atoms with Crippen LogP contribution in [0, 0.1) is 0 Å². The number of ether oxygens (including phenoxy) is 1. The molecular formula is C22H22ClF3N4O3. The van der Waals surface area contributed by atoms with Gasteiger partial charge in [-0.25, -0.2) is 9.78 Å². The molecule has 0 atom stereocenters. The Hall–Kier alpha value is -3.01. The van der Waals surface area contributed by atoms with Gasteiger partial charge in [0.05, 0.1) is 29.8 Å². The third-order valence-electron chi connectivity index (χ3n) is 6.05. The van der Waals surface area contributed by atoms with E-state index in [1.54, 1.807) is 18.2 Å². The van der Waals surface area contributed by atoms with E-state index in [2.05, 4.69) is 10.3 Å². The number of hydrogen-bond acceptors (Lipinski definition) is 4. The smallest absolute Gasteiger partial charge is 0.417 e. The predicted octanol–water partition coefficient (Wildman–Crippen LogP) is 4.16. The maximum absolute atomic E-state index is 13.4. The van der Waals surface area contributed by atoms with Gasteiger partial charge in [-0.15, -0.1) is 0 Å². The summed E-state index contributed by atoms with van der Waals surface area (Å²) in [6.07, 6.45) is -0.653. The molecule has 0 saturated heterocycles. The van der Waals surface area contributed by atoms with E-state index in [9.17, 15) is 22.8 Å². The van der Waals surface area contributed by atoms with Crippen molar-refractivity contribution in [3.63, 3.8) is 0 Å². The van der Waals surface area contributed by atoms with Crippen molar-refractivity contribution in [3.05, 3.63) is 57.1 Å². The van der Waals surface area contributed by atoms with Crippen LogP contribution < -0.4 is 15.7 Å². The Labute approximate surface area is 192 Å². The van der Waals surface area contributed by atoms with E-state index < -0.39 is 17.4 Å². The Morgan fingerprint density at radius 3 is 2.58 bits per heavy atom. The number of imidazole rings is 1. The average molecular weight is 483 g/mol. The average Bonchev–Trinajstić information content (AvgIpc) is 3.05. The Morgan fingerprint density at radius 1 is 1.24 bits per heavy atom. The summed E-state index contributed by atoms with van der Waals surface area (Å²) in [6.45, 7) is 0.0249. The number of rotatable bonds is 6. The van der Waals surface area contributed by atoms with E-state index in [0.29, 0.717) is 48.4 Å². The molecule has 176 valence electrons. The van der Waals surface area contributed by atoms with Gasteiger partial charge in [0, 0.05) is 18.3 Å². The highest BCUT2D eigenvalue weighted by Crippen LogP contribution is 2.34. The highest BCUT2D eigenvalue weighted by molar-refractivity contribution is 6.32. The molecule has 0 aliphatic heterocycles. The standard InChI is InChI=1S/C22H22ClF3N4O3/c1-33-19-7-2-13(8-17(19)23)11-29-18-9-14(22(24,25)26)10-27-20(18)30(21(29)32)16-5-3-15(4-6-16)28-12-31/h2,7-10,12,15-16H,3-6,11H2,1H3,(H,28,31). The van der Waals surface area contributed by atoms with Crippen molar-refractivity contribution >= 4 is 29.2 Å². The van der Waals surface area contributed by atoms with Gasteiger partial charge in [0.15, 0.2) is 5.65 Å². The van der Waals surface area contributed by atoms with E-state index in [1.165, 1.54) is 16.2 Å². The fourth-order valence-electron chi connectivity index (χ4n) is 4.38. The van der Waals surface area contributed by atoms with Gasteiger partial charge in [-0.05, 0) is 49.4 Å². The number of benzene rings is 1. The third kappa shape index (κ3) is 4.57.